The molecule has 1 aliphatic heterocycles. The first-order chi connectivity index (χ1) is 13.5. The molecule has 2 aromatic carbocycles. The minimum atomic E-state index is -2.69. The van der Waals surface area contributed by atoms with E-state index in [9.17, 15) is 13.2 Å². The predicted molar refractivity (Wildman–Crippen MR) is 101 cm³/mol. The van der Waals surface area contributed by atoms with Crippen molar-refractivity contribution in [2.24, 2.45) is 0 Å². The van der Waals surface area contributed by atoms with Gasteiger partial charge in [-0.1, -0.05) is 30.3 Å². The Balaban J connectivity index is 1.52. The van der Waals surface area contributed by atoms with Gasteiger partial charge >= 0.3 is 0 Å². The van der Waals surface area contributed by atoms with Crippen LogP contribution in [0.2, 0.25) is 0 Å². The van der Waals surface area contributed by atoms with Crippen LogP contribution >= 0.6 is 0 Å². The molecule has 0 atom stereocenters. The highest BCUT2D eigenvalue weighted by molar-refractivity contribution is 5.81. The number of hydrogen-bond acceptors (Lipinski definition) is 3. The average Bonchev–Trinajstić information content (AvgIpc) is 3.10. The lowest BCUT2D eigenvalue weighted by atomic mass is 10.1. The number of anilines is 1. The number of hydrogen-bond donors (Lipinski definition) is 0. The molecular formula is C21H15F3N4. The number of alkyl halides is 2. The molecule has 4 nitrogen and oxygen atoms in total. The van der Waals surface area contributed by atoms with Crippen LogP contribution in [-0.4, -0.2) is 33.8 Å². The van der Waals surface area contributed by atoms with Crippen molar-refractivity contribution in [2.45, 2.75) is 5.92 Å². The summed E-state index contributed by atoms with van der Waals surface area (Å²) < 4.78 is 42.1. The van der Waals surface area contributed by atoms with Gasteiger partial charge in [0.05, 0.1) is 13.1 Å². The standard InChI is InChI=1S/C21H15F3N4/c22-18-7-6-17(27-12-21(23,24)13-27)9-19(18)28-11-16-8-15(10-25-20(16)26-28)14-4-2-1-3-5-14/h1-11H,12-13H2. The maximum Gasteiger partial charge on any atom is 0.282 e. The van der Waals surface area contributed by atoms with Crippen LogP contribution in [-0.2, 0) is 0 Å². The molecule has 140 valence electrons. The van der Waals surface area contributed by atoms with Gasteiger partial charge in [-0.3, -0.25) is 0 Å². The number of halogens is 3. The summed E-state index contributed by atoms with van der Waals surface area (Å²) in [5, 5.41) is 5.12. The van der Waals surface area contributed by atoms with Crippen molar-refractivity contribution < 1.29 is 13.2 Å². The molecule has 1 saturated heterocycles. The van der Waals surface area contributed by atoms with E-state index < -0.39 is 11.7 Å². The second-order valence-electron chi connectivity index (χ2n) is 6.92. The summed E-state index contributed by atoms with van der Waals surface area (Å²) in [4.78, 5) is 5.89. The summed E-state index contributed by atoms with van der Waals surface area (Å²) in [5.41, 5.74) is 3.19. The quantitative estimate of drug-likeness (QED) is 0.517. The predicted octanol–water partition coefficient (Wildman–Crippen LogP) is 4.68. The van der Waals surface area contributed by atoms with Crippen molar-refractivity contribution in [1.82, 2.24) is 14.8 Å². The molecule has 0 radical (unpaired) electrons. The fourth-order valence-electron chi connectivity index (χ4n) is 3.40. The lowest BCUT2D eigenvalue weighted by molar-refractivity contribution is -0.0262. The molecule has 0 unspecified atom stereocenters. The van der Waals surface area contributed by atoms with E-state index in [1.807, 2.05) is 36.4 Å². The van der Waals surface area contributed by atoms with Crippen molar-refractivity contribution in [1.29, 1.82) is 0 Å². The van der Waals surface area contributed by atoms with E-state index in [0.717, 1.165) is 16.5 Å². The summed E-state index contributed by atoms with van der Waals surface area (Å²) in [5.74, 6) is -3.17. The fraction of sp³-hybridized carbons (Fsp3) is 0.143. The highest BCUT2D eigenvalue weighted by Crippen LogP contribution is 2.33. The van der Waals surface area contributed by atoms with Gasteiger partial charge in [-0.2, -0.15) is 0 Å². The molecule has 28 heavy (non-hydrogen) atoms. The summed E-state index contributed by atoms with van der Waals surface area (Å²) in [6.07, 6.45) is 3.42. The Hall–Kier alpha value is -3.35. The van der Waals surface area contributed by atoms with E-state index in [4.69, 9.17) is 0 Å². The summed E-state index contributed by atoms with van der Waals surface area (Å²) in [7, 11) is 0. The van der Waals surface area contributed by atoms with Gasteiger partial charge in [0, 0.05) is 29.0 Å². The highest BCUT2D eigenvalue weighted by atomic mass is 19.3. The molecule has 3 heterocycles. The molecule has 0 saturated carbocycles. The van der Waals surface area contributed by atoms with Crippen molar-refractivity contribution in [2.75, 3.05) is 18.0 Å². The molecule has 0 spiro atoms. The highest BCUT2D eigenvalue weighted by Gasteiger charge is 2.44. The molecule has 7 heteroatoms. The largest absolute Gasteiger partial charge is 0.359 e. The summed E-state index contributed by atoms with van der Waals surface area (Å²) in [6.45, 7) is -0.720. The number of rotatable bonds is 3. The Morgan fingerprint density at radius 2 is 1.71 bits per heavy atom. The number of pyridine rings is 1. The fourth-order valence-corrected chi connectivity index (χ4v) is 3.40. The zero-order valence-electron chi connectivity index (χ0n) is 14.7. The molecular weight excluding hydrogens is 365 g/mol. The SMILES string of the molecule is Fc1ccc(N2CC(F)(F)C2)cc1-n1cc2cc(-c3ccccc3)cnc2n1. The van der Waals surface area contributed by atoms with Gasteiger partial charge in [0.25, 0.3) is 5.92 Å². The number of benzene rings is 2. The second kappa shape index (κ2) is 6.09. The summed E-state index contributed by atoms with van der Waals surface area (Å²) >= 11 is 0. The third kappa shape index (κ3) is 2.89. The van der Waals surface area contributed by atoms with Gasteiger partial charge in [0.2, 0.25) is 0 Å². The first kappa shape index (κ1) is 16.8. The van der Waals surface area contributed by atoms with Crippen molar-refractivity contribution in [3.63, 3.8) is 0 Å². The molecule has 0 bridgehead atoms. The molecule has 0 aliphatic carbocycles. The lowest BCUT2D eigenvalue weighted by Crippen LogP contribution is -2.56. The van der Waals surface area contributed by atoms with Crippen molar-refractivity contribution in [3.8, 4) is 16.8 Å². The van der Waals surface area contributed by atoms with E-state index in [1.54, 1.807) is 12.4 Å². The zero-order chi connectivity index (χ0) is 19.3. The van der Waals surface area contributed by atoms with E-state index in [-0.39, 0.29) is 18.8 Å². The van der Waals surface area contributed by atoms with E-state index in [2.05, 4.69) is 10.1 Å². The molecule has 0 amide bonds. The maximum atomic E-state index is 14.4. The van der Waals surface area contributed by atoms with Crippen LogP contribution in [0.1, 0.15) is 0 Å². The zero-order valence-corrected chi connectivity index (χ0v) is 14.7. The Morgan fingerprint density at radius 1 is 0.929 bits per heavy atom. The van der Waals surface area contributed by atoms with Crippen molar-refractivity contribution >= 4 is 16.7 Å². The topological polar surface area (TPSA) is 34.0 Å². The van der Waals surface area contributed by atoms with Gasteiger partial charge in [-0.05, 0) is 29.8 Å². The molecule has 2 aromatic heterocycles. The van der Waals surface area contributed by atoms with Crippen LogP contribution < -0.4 is 4.90 Å². The smallest absolute Gasteiger partial charge is 0.282 e. The van der Waals surface area contributed by atoms with E-state index in [0.29, 0.717) is 11.3 Å². The Kier molecular flexibility index (Phi) is 3.65. The molecule has 4 aromatic rings. The van der Waals surface area contributed by atoms with Crippen LogP contribution in [0.4, 0.5) is 18.9 Å². The minimum absolute atomic E-state index is 0.201. The third-order valence-corrected chi connectivity index (χ3v) is 4.85. The first-order valence-electron chi connectivity index (χ1n) is 8.82. The third-order valence-electron chi connectivity index (χ3n) is 4.85. The van der Waals surface area contributed by atoms with Gasteiger partial charge < -0.3 is 4.90 Å². The monoisotopic (exact) mass is 380 g/mol. The van der Waals surface area contributed by atoms with Gasteiger partial charge in [0.1, 0.15) is 11.5 Å². The van der Waals surface area contributed by atoms with Crippen LogP contribution in [0.5, 0.6) is 0 Å². The first-order valence-corrected chi connectivity index (χ1v) is 8.82. The molecule has 1 aliphatic rings. The van der Waals surface area contributed by atoms with Gasteiger partial charge in [-0.25, -0.2) is 22.8 Å². The maximum absolute atomic E-state index is 14.4. The summed E-state index contributed by atoms with van der Waals surface area (Å²) in [6, 6.07) is 16.1. The number of fused-ring (bicyclic) bond motifs is 1. The Bertz CT molecular complexity index is 1160. The molecule has 0 N–H and O–H groups in total. The Labute approximate surface area is 158 Å². The van der Waals surface area contributed by atoms with Crippen LogP contribution in [0, 0.1) is 5.82 Å². The van der Waals surface area contributed by atoms with Crippen LogP contribution in [0.25, 0.3) is 27.8 Å². The molecule has 1 fully saturated rings. The van der Waals surface area contributed by atoms with Crippen LogP contribution in [0.3, 0.4) is 0 Å². The van der Waals surface area contributed by atoms with Gasteiger partial charge in [0.15, 0.2) is 5.65 Å². The van der Waals surface area contributed by atoms with E-state index >= 15 is 0 Å². The average molecular weight is 380 g/mol. The molecule has 5 rings (SSSR count). The normalized spacial score (nSPS) is 15.6. The van der Waals surface area contributed by atoms with E-state index in [1.165, 1.54) is 27.8 Å². The van der Waals surface area contributed by atoms with Crippen LogP contribution in [0.15, 0.2) is 67.0 Å². The lowest BCUT2D eigenvalue weighted by Gasteiger charge is -2.40. The van der Waals surface area contributed by atoms with Crippen molar-refractivity contribution in [3.05, 3.63) is 72.8 Å². The second-order valence-corrected chi connectivity index (χ2v) is 6.92. The minimum Gasteiger partial charge on any atom is -0.359 e. The van der Waals surface area contributed by atoms with Gasteiger partial charge in [-0.15, -0.1) is 5.10 Å². The Morgan fingerprint density at radius 3 is 2.46 bits per heavy atom. The number of aromatic nitrogens is 3. The number of nitrogens with zero attached hydrogens (tertiary/aromatic N) is 4.